The number of phosphoric ester groups is 1. The molecule has 0 aliphatic heterocycles. The van der Waals surface area contributed by atoms with Crippen LogP contribution in [0.15, 0.2) is 134 Å². The summed E-state index contributed by atoms with van der Waals surface area (Å²) < 4.78 is 23.5. The summed E-state index contributed by atoms with van der Waals surface area (Å²) in [5, 5.41) is 14.0. The molecule has 2 N–H and O–H groups in total. The molecule has 0 radical (unpaired) electrons. The topological polar surface area (TPSA) is 108 Å². The Morgan fingerprint density at radius 2 is 0.685 bits per heavy atom. The molecule has 8 nitrogen and oxygen atoms in total. The number of aliphatic hydroxyl groups is 1. The Kier molecular flexibility index (Phi) is 66.4. The molecule has 0 aliphatic rings. The van der Waals surface area contributed by atoms with Crippen molar-refractivity contribution in [2.45, 2.75) is 328 Å². The summed E-state index contributed by atoms with van der Waals surface area (Å²) in [6, 6.07) is -0.907. The number of hydrogen-bond acceptors (Lipinski definition) is 6. The van der Waals surface area contributed by atoms with Gasteiger partial charge in [0, 0.05) is 6.42 Å². The van der Waals surface area contributed by atoms with Crippen LogP contribution in [0.4, 0.5) is 0 Å². The number of unbranched alkanes of at least 4 members (excludes halogenated alkanes) is 34. The molecule has 0 rings (SSSR count). The van der Waals surface area contributed by atoms with Gasteiger partial charge in [-0.1, -0.05) is 347 Å². The fourth-order valence-corrected chi connectivity index (χ4v) is 11.1. The fraction of sp³-hybridized carbons (Fsp3) is 0.713. The van der Waals surface area contributed by atoms with Gasteiger partial charge in [0.15, 0.2) is 0 Å². The first kappa shape index (κ1) is 85.6. The summed E-state index contributed by atoms with van der Waals surface area (Å²) in [6.45, 7) is 4.54. The molecule has 512 valence electrons. The van der Waals surface area contributed by atoms with Crippen molar-refractivity contribution < 1.29 is 32.9 Å². The molecule has 1 amide bonds. The lowest BCUT2D eigenvalue weighted by atomic mass is 10.0. The quantitative estimate of drug-likeness (QED) is 0.0272. The monoisotopic (exact) mass is 1260 g/mol. The molecule has 0 heterocycles. The fourth-order valence-electron chi connectivity index (χ4n) is 10.4. The number of amides is 1. The minimum atomic E-state index is -4.62. The smallest absolute Gasteiger partial charge is 0.268 e. The van der Waals surface area contributed by atoms with Crippen molar-refractivity contribution in [2.24, 2.45) is 0 Å². The first-order chi connectivity index (χ1) is 43.5. The van der Waals surface area contributed by atoms with E-state index in [4.69, 9.17) is 9.05 Å². The molecular formula is C80H141N2O6P. The maximum Gasteiger partial charge on any atom is 0.268 e. The lowest BCUT2D eigenvalue weighted by molar-refractivity contribution is -0.870. The van der Waals surface area contributed by atoms with E-state index in [2.05, 4.69) is 141 Å². The predicted molar refractivity (Wildman–Crippen MR) is 389 cm³/mol. The van der Waals surface area contributed by atoms with E-state index in [0.717, 1.165) is 128 Å². The highest BCUT2D eigenvalue weighted by atomic mass is 31.2. The second-order valence-electron chi connectivity index (χ2n) is 25.9. The Hall–Kier alpha value is -3.36. The van der Waals surface area contributed by atoms with E-state index in [0.29, 0.717) is 17.4 Å². The van der Waals surface area contributed by atoms with Crippen LogP contribution in [-0.2, 0) is 18.4 Å². The van der Waals surface area contributed by atoms with Crippen LogP contribution in [0.2, 0.25) is 0 Å². The van der Waals surface area contributed by atoms with Crippen LogP contribution in [-0.4, -0.2) is 68.5 Å². The van der Waals surface area contributed by atoms with Gasteiger partial charge in [-0.3, -0.25) is 9.36 Å². The van der Waals surface area contributed by atoms with Crippen molar-refractivity contribution >= 4 is 13.7 Å². The average Bonchev–Trinajstić information content (AvgIpc) is 3.57. The lowest BCUT2D eigenvalue weighted by Gasteiger charge is -2.29. The Morgan fingerprint density at radius 1 is 0.404 bits per heavy atom. The van der Waals surface area contributed by atoms with E-state index in [-0.39, 0.29) is 12.5 Å². The molecule has 0 aromatic rings. The van der Waals surface area contributed by atoms with Crippen LogP contribution in [0.5, 0.6) is 0 Å². The minimum Gasteiger partial charge on any atom is -0.756 e. The van der Waals surface area contributed by atoms with Gasteiger partial charge in [-0.25, -0.2) is 0 Å². The average molecular weight is 1260 g/mol. The molecule has 0 fully saturated rings. The standard InChI is InChI=1S/C80H141N2O6P/c1-6-8-10-12-14-16-18-20-22-24-26-28-30-32-34-36-38-39-40-41-42-43-44-46-48-50-52-54-56-58-60-62-64-66-68-70-72-74-80(84)81-78(77-88-89(85,86)87-76-75-82(3,4)5)79(83)73-71-69-67-65-63-61-59-57-55-53-51-49-47-45-37-35-33-31-29-27-25-23-21-19-17-15-13-11-9-7-2/h8,10,14,16,20,22,26,28,32,34,38-39,41-42,44,46,50,52,56,58,71,73,78-79,83H,6-7,9,11-13,15,17-19,21,23-25,27,29-31,33,35-37,40,43,45,47-49,51,53-55,57,59-70,72,74-77H2,1-5H3,(H-,81,84,85,86)/b10-8-,16-14-,22-20-,28-26-,34-32-,39-38-,42-41-,46-44-,52-50-,58-56-,73-71+. The van der Waals surface area contributed by atoms with Crippen molar-refractivity contribution in [3.63, 3.8) is 0 Å². The molecule has 0 spiro atoms. The van der Waals surface area contributed by atoms with Crippen LogP contribution in [0, 0.1) is 0 Å². The summed E-state index contributed by atoms with van der Waals surface area (Å²) in [5.41, 5.74) is 0. The van der Waals surface area contributed by atoms with Gasteiger partial charge in [0.1, 0.15) is 13.2 Å². The maximum absolute atomic E-state index is 13.1. The van der Waals surface area contributed by atoms with Crippen molar-refractivity contribution in [2.75, 3.05) is 40.9 Å². The Morgan fingerprint density at radius 3 is 1.00 bits per heavy atom. The number of carbonyl (C=O) groups is 1. The van der Waals surface area contributed by atoms with Gasteiger partial charge >= 0.3 is 0 Å². The van der Waals surface area contributed by atoms with Crippen LogP contribution in [0.1, 0.15) is 316 Å². The number of allylic oxidation sites excluding steroid dienone is 21. The zero-order chi connectivity index (χ0) is 64.8. The number of nitrogens with one attached hydrogen (secondary N) is 1. The molecule has 0 saturated carbocycles. The van der Waals surface area contributed by atoms with E-state index in [1.165, 1.54) is 167 Å². The van der Waals surface area contributed by atoms with Crippen LogP contribution >= 0.6 is 7.82 Å². The van der Waals surface area contributed by atoms with E-state index in [9.17, 15) is 19.4 Å². The molecule has 9 heteroatoms. The highest BCUT2D eigenvalue weighted by molar-refractivity contribution is 7.45. The van der Waals surface area contributed by atoms with E-state index >= 15 is 0 Å². The molecule has 0 aromatic carbocycles. The van der Waals surface area contributed by atoms with Gasteiger partial charge in [-0.15, -0.1) is 0 Å². The Labute approximate surface area is 551 Å². The number of hydrogen-bond donors (Lipinski definition) is 2. The number of quaternary nitrogens is 1. The molecule has 0 aromatic heterocycles. The number of rotatable bonds is 67. The Balaban J connectivity index is 4.15. The third kappa shape index (κ3) is 71.9. The molecule has 0 saturated heterocycles. The number of carbonyl (C=O) groups excluding carboxylic acids is 1. The number of phosphoric acid groups is 1. The second kappa shape index (κ2) is 69.0. The van der Waals surface area contributed by atoms with E-state index in [1.807, 2.05) is 27.2 Å². The van der Waals surface area contributed by atoms with Crippen molar-refractivity contribution in [3.05, 3.63) is 134 Å². The van der Waals surface area contributed by atoms with Crippen LogP contribution in [0.3, 0.4) is 0 Å². The third-order valence-electron chi connectivity index (χ3n) is 16.1. The minimum absolute atomic E-state index is 0.0104. The number of nitrogens with zero attached hydrogens (tertiary/aromatic N) is 1. The summed E-state index contributed by atoms with van der Waals surface area (Å²) in [5.74, 6) is -0.214. The molecule has 3 atom stereocenters. The lowest BCUT2D eigenvalue weighted by Crippen LogP contribution is -2.45. The van der Waals surface area contributed by atoms with Gasteiger partial charge in [0.05, 0.1) is 39.9 Å². The van der Waals surface area contributed by atoms with Gasteiger partial charge in [0.25, 0.3) is 7.82 Å². The van der Waals surface area contributed by atoms with Crippen molar-refractivity contribution in [3.8, 4) is 0 Å². The second-order valence-corrected chi connectivity index (χ2v) is 27.3. The maximum atomic E-state index is 13.1. The molecule has 89 heavy (non-hydrogen) atoms. The first-order valence-electron chi connectivity index (χ1n) is 37.0. The molecule has 3 unspecified atom stereocenters. The van der Waals surface area contributed by atoms with E-state index < -0.39 is 26.6 Å². The van der Waals surface area contributed by atoms with Gasteiger partial charge < -0.3 is 28.8 Å². The van der Waals surface area contributed by atoms with Gasteiger partial charge in [-0.05, 0) is 96.3 Å². The predicted octanol–water partition coefficient (Wildman–Crippen LogP) is 23.5. The van der Waals surface area contributed by atoms with Gasteiger partial charge in [0.2, 0.25) is 5.91 Å². The van der Waals surface area contributed by atoms with E-state index in [1.54, 1.807) is 6.08 Å². The number of aliphatic hydroxyl groups excluding tert-OH is 1. The normalized spacial score (nSPS) is 14.4. The summed E-state index contributed by atoms with van der Waals surface area (Å²) in [6.07, 6.45) is 104. The molecular weight excluding hydrogens is 1120 g/mol. The summed E-state index contributed by atoms with van der Waals surface area (Å²) in [4.78, 5) is 25.7. The first-order valence-corrected chi connectivity index (χ1v) is 38.5. The van der Waals surface area contributed by atoms with Crippen LogP contribution < -0.4 is 10.2 Å². The highest BCUT2D eigenvalue weighted by Gasteiger charge is 2.23. The highest BCUT2D eigenvalue weighted by Crippen LogP contribution is 2.38. The van der Waals surface area contributed by atoms with Crippen molar-refractivity contribution in [1.82, 2.24) is 5.32 Å². The summed E-state index contributed by atoms with van der Waals surface area (Å²) >= 11 is 0. The zero-order valence-corrected chi connectivity index (χ0v) is 59.5. The van der Waals surface area contributed by atoms with Crippen LogP contribution in [0.25, 0.3) is 0 Å². The van der Waals surface area contributed by atoms with Crippen molar-refractivity contribution in [1.29, 1.82) is 0 Å². The SMILES string of the molecule is CC/C=C\C/C=C\C/C=C\C/C=C\C/C=C\C/C=C\C/C=C\C/C=C\C/C=C\C/C=C\CCCCCCCCC(=O)NC(COP(=O)([O-])OCC[N+](C)(C)C)C(O)/C=C/CCCCCCCCCCCCCCCCCCCCCCCCCCCCCC. The zero-order valence-electron chi connectivity index (χ0n) is 58.6. The molecule has 0 aliphatic carbocycles. The van der Waals surface area contributed by atoms with Gasteiger partial charge in [-0.2, -0.15) is 0 Å². The number of likely N-dealkylation sites (N-methyl/N-ethyl adjacent to an activating group) is 1. The molecule has 0 bridgehead atoms. The summed E-state index contributed by atoms with van der Waals surface area (Å²) in [7, 11) is 1.24. The largest absolute Gasteiger partial charge is 0.756 e. The third-order valence-corrected chi connectivity index (χ3v) is 17.1. The Bertz CT molecular complexity index is 1920.